The van der Waals surface area contributed by atoms with Gasteiger partial charge in [-0.2, -0.15) is 0 Å². The van der Waals surface area contributed by atoms with Crippen LogP contribution in [0.15, 0.2) is 30.5 Å². The molecule has 0 fully saturated rings. The van der Waals surface area contributed by atoms with Gasteiger partial charge in [0.1, 0.15) is 5.82 Å². The third kappa shape index (κ3) is 1.53. The quantitative estimate of drug-likeness (QED) is 0.804. The van der Waals surface area contributed by atoms with Gasteiger partial charge in [-0.15, -0.1) is 0 Å². The molecule has 2 N–H and O–H groups in total. The van der Waals surface area contributed by atoms with Crippen molar-refractivity contribution in [2.75, 3.05) is 6.54 Å². The summed E-state index contributed by atoms with van der Waals surface area (Å²) in [4.78, 5) is 0. The summed E-state index contributed by atoms with van der Waals surface area (Å²) in [6.45, 7) is 4.60. The van der Waals surface area contributed by atoms with E-state index < -0.39 is 0 Å². The molecule has 2 rings (SSSR count). The van der Waals surface area contributed by atoms with Gasteiger partial charge in [0.25, 0.3) is 0 Å². The lowest BCUT2D eigenvalue weighted by Crippen LogP contribution is -2.34. The van der Waals surface area contributed by atoms with E-state index in [0.717, 1.165) is 5.52 Å². The van der Waals surface area contributed by atoms with Crippen LogP contribution in [0.1, 0.15) is 13.8 Å². The van der Waals surface area contributed by atoms with Crippen LogP contribution in [0.2, 0.25) is 0 Å². The minimum absolute atomic E-state index is 0.181. The van der Waals surface area contributed by atoms with Crippen LogP contribution in [0.3, 0.4) is 0 Å². The summed E-state index contributed by atoms with van der Waals surface area (Å²) < 4.78 is 15.5. The van der Waals surface area contributed by atoms with Crippen molar-refractivity contribution in [3.05, 3.63) is 36.3 Å². The SMILES string of the molecule is CC(C)(CN)n1ccc2c(F)cccc21. The Labute approximate surface area is 88.5 Å². The van der Waals surface area contributed by atoms with E-state index >= 15 is 0 Å². The Morgan fingerprint density at radius 3 is 2.73 bits per heavy atom. The van der Waals surface area contributed by atoms with Gasteiger partial charge in [0, 0.05) is 18.1 Å². The number of nitrogens with two attached hydrogens (primary N) is 1. The van der Waals surface area contributed by atoms with E-state index in [1.165, 1.54) is 6.07 Å². The Morgan fingerprint density at radius 1 is 1.33 bits per heavy atom. The molecule has 3 heteroatoms. The highest BCUT2D eigenvalue weighted by atomic mass is 19.1. The standard InChI is InChI=1S/C12H15FN2/c1-12(2,8-14)15-7-6-9-10(13)4-3-5-11(9)15/h3-7H,8,14H2,1-2H3. The summed E-state index contributed by atoms with van der Waals surface area (Å²) in [5, 5.41) is 0.652. The van der Waals surface area contributed by atoms with Crippen molar-refractivity contribution in [2.45, 2.75) is 19.4 Å². The summed E-state index contributed by atoms with van der Waals surface area (Å²) in [6, 6.07) is 6.90. The van der Waals surface area contributed by atoms with E-state index in [4.69, 9.17) is 5.73 Å². The molecule has 0 aliphatic rings. The normalized spacial score (nSPS) is 12.3. The van der Waals surface area contributed by atoms with E-state index in [-0.39, 0.29) is 11.4 Å². The van der Waals surface area contributed by atoms with Gasteiger partial charge in [-0.3, -0.25) is 0 Å². The predicted octanol–water partition coefficient (Wildman–Crippen LogP) is 2.47. The smallest absolute Gasteiger partial charge is 0.132 e. The van der Waals surface area contributed by atoms with Gasteiger partial charge < -0.3 is 10.3 Å². The van der Waals surface area contributed by atoms with Gasteiger partial charge in [0.05, 0.1) is 11.1 Å². The monoisotopic (exact) mass is 206 g/mol. The van der Waals surface area contributed by atoms with E-state index in [2.05, 4.69) is 0 Å². The minimum Gasteiger partial charge on any atom is -0.341 e. The molecule has 1 heterocycles. The first kappa shape index (κ1) is 10.2. The fourth-order valence-corrected chi connectivity index (χ4v) is 1.76. The van der Waals surface area contributed by atoms with Crippen LogP contribution in [0.4, 0.5) is 4.39 Å². The zero-order valence-corrected chi connectivity index (χ0v) is 9.00. The Morgan fingerprint density at radius 2 is 2.07 bits per heavy atom. The van der Waals surface area contributed by atoms with Crippen molar-refractivity contribution in [1.29, 1.82) is 0 Å². The molecule has 2 nitrogen and oxygen atoms in total. The zero-order valence-electron chi connectivity index (χ0n) is 9.00. The van der Waals surface area contributed by atoms with Crippen molar-refractivity contribution in [3.63, 3.8) is 0 Å². The Kier molecular flexibility index (Phi) is 2.27. The van der Waals surface area contributed by atoms with Crippen LogP contribution >= 0.6 is 0 Å². The topological polar surface area (TPSA) is 30.9 Å². The molecule has 0 aliphatic heterocycles. The van der Waals surface area contributed by atoms with Gasteiger partial charge in [-0.05, 0) is 32.0 Å². The molecule has 80 valence electrons. The summed E-state index contributed by atoms with van der Waals surface area (Å²) in [5.41, 5.74) is 6.42. The first-order chi connectivity index (χ1) is 7.06. The fraction of sp³-hybridized carbons (Fsp3) is 0.333. The second-order valence-electron chi connectivity index (χ2n) is 4.37. The highest BCUT2D eigenvalue weighted by Gasteiger charge is 2.19. The van der Waals surface area contributed by atoms with Crippen LogP contribution in [0.25, 0.3) is 10.9 Å². The highest BCUT2D eigenvalue weighted by molar-refractivity contribution is 5.81. The van der Waals surface area contributed by atoms with E-state index in [1.807, 2.05) is 30.7 Å². The molecule has 0 radical (unpaired) electrons. The molecule has 0 unspecified atom stereocenters. The highest BCUT2D eigenvalue weighted by Crippen LogP contribution is 2.25. The van der Waals surface area contributed by atoms with Crippen LogP contribution < -0.4 is 5.73 Å². The first-order valence-corrected chi connectivity index (χ1v) is 5.02. The average Bonchev–Trinajstić information content (AvgIpc) is 2.63. The number of hydrogen-bond acceptors (Lipinski definition) is 1. The van der Waals surface area contributed by atoms with E-state index in [1.54, 1.807) is 12.1 Å². The molecule has 0 spiro atoms. The molecular formula is C12H15FN2. The first-order valence-electron chi connectivity index (χ1n) is 5.02. The Balaban J connectivity index is 2.69. The molecule has 2 aromatic rings. The molecular weight excluding hydrogens is 191 g/mol. The molecule has 15 heavy (non-hydrogen) atoms. The van der Waals surface area contributed by atoms with Gasteiger partial charge in [0.2, 0.25) is 0 Å². The summed E-state index contributed by atoms with van der Waals surface area (Å²) in [7, 11) is 0. The number of aromatic nitrogens is 1. The van der Waals surface area contributed by atoms with Crippen LogP contribution in [0.5, 0.6) is 0 Å². The van der Waals surface area contributed by atoms with Crippen LogP contribution in [-0.4, -0.2) is 11.1 Å². The second kappa shape index (κ2) is 3.35. The maximum atomic E-state index is 13.4. The maximum Gasteiger partial charge on any atom is 0.132 e. The summed E-state index contributed by atoms with van der Waals surface area (Å²) >= 11 is 0. The Hall–Kier alpha value is -1.35. The molecule has 0 saturated carbocycles. The Bertz CT molecular complexity index is 485. The third-order valence-corrected chi connectivity index (χ3v) is 2.83. The number of halogens is 1. The zero-order chi connectivity index (χ0) is 11.1. The number of fused-ring (bicyclic) bond motifs is 1. The molecule has 0 amide bonds. The van der Waals surface area contributed by atoms with Gasteiger partial charge >= 0.3 is 0 Å². The van der Waals surface area contributed by atoms with Gasteiger partial charge in [-0.25, -0.2) is 4.39 Å². The van der Waals surface area contributed by atoms with Crippen molar-refractivity contribution in [1.82, 2.24) is 4.57 Å². The third-order valence-electron chi connectivity index (χ3n) is 2.83. The molecule has 0 bridgehead atoms. The van der Waals surface area contributed by atoms with E-state index in [0.29, 0.717) is 11.9 Å². The lowest BCUT2D eigenvalue weighted by molar-refractivity contribution is 0.379. The number of hydrogen-bond donors (Lipinski definition) is 1. The molecule has 0 saturated heterocycles. The van der Waals surface area contributed by atoms with Gasteiger partial charge in [0.15, 0.2) is 0 Å². The fourth-order valence-electron chi connectivity index (χ4n) is 1.76. The summed E-state index contributed by atoms with van der Waals surface area (Å²) in [5.74, 6) is -0.181. The lowest BCUT2D eigenvalue weighted by atomic mass is 10.1. The largest absolute Gasteiger partial charge is 0.341 e. The number of benzene rings is 1. The second-order valence-corrected chi connectivity index (χ2v) is 4.37. The van der Waals surface area contributed by atoms with E-state index in [9.17, 15) is 4.39 Å². The number of rotatable bonds is 2. The molecule has 1 aromatic heterocycles. The van der Waals surface area contributed by atoms with Crippen molar-refractivity contribution >= 4 is 10.9 Å². The summed E-state index contributed by atoms with van der Waals surface area (Å²) in [6.07, 6.45) is 1.89. The molecule has 0 aliphatic carbocycles. The average molecular weight is 206 g/mol. The van der Waals surface area contributed by atoms with Crippen molar-refractivity contribution < 1.29 is 4.39 Å². The molecule has 1 aromatic carbocycles. The van der Waals surface area contributed by atoms with Crippen LogP contribution in [-0.2, 0) is 5.54 Å². The van der Waals surface area contributed by atoms with Gasteiger partial charge in [-0.1, -0.05) is 6.07 Å². The number of nitrogens with zero attached hydrogens (tertiary/aromatic N) is 1. The van der Waals surface area contributed by atoms with Crippen molar-refractivity contribution in [3.8, 4) is 0 Å². The lowest BCUT2D eigenvalue weighted by Gasteiger charge is -2.26. The maximum absolute atomic E-state index is 13.4. The van der Waals surface area contributed by atoms with Crippen LogP contribution in [0, 0.1) is 5.82 Å². The minimum atomic E-state index is -0.185. The predicted molar refractivity (Wildman–Crippen MR) is 60.3 cm³/mol. The molecule has 0 atom stereocenters. The van der Waals surface area contributed by atoms with Crippen molar-refractivity contribution in [2.24, 2.45) is 5.73 Å².